The van der Waals surface area contributed by atoms with Gasteiger partial charge in [-0.2, -0.15) is 0 Å². The topological polar surface area (TPSA) is 42.7 Å². The highest BCUT2D eigenvalue weighted by Crippen LogP contribution is 2.24. The van der Waals surface area contributed by atoms with Gasteiger partial charge in [0.05, 0.1) is 12.8 Å². The molecule has 0 aromatic carbocycles. The van der Waals surface area contributed by atoms with E-state index in [4.69, 9.17) is 9.15 Å². The molecule has 0 fully saturated rings. The maximum atomic E-state index is 12.1. The number of carbonyl (C=O) groups is 1. The number of aryl methyl sites for hydroxylation is 1. The van der Waals surface area contributed by atoms with E-state index in [1.54, 1.807) is 12.3 Å². The van der Waals surface area contributed by atoms with Gasteiger partial charge < -0.3 is 9.15 Å². The summed E-state index contributed by atoms with van der Waals surface area (Å²) >= 11 is 3.25. The Kier molecular flexibility index (Phi) is 4.62. The maximum Gasteiger partial charge on any atom is 0.417 e. The van der Waals surface area contributed by atoms with Gasteiger partial charge in [0, 0.05) is 10.0 Å². The largest absolute Gasteiger partial charge is 0.448 e. The molecule has 5 heteroatoms. The number of ether oxygens (including phenoxy) is 1. The number of hydrogen-bond acceptors (Lipinski definition) is 3. The number of furan rings is 1. The zero-order valence-electron chi connectivity index (χ0n) is 11.1. The predicted molar refractivity (Wildman–Crippen MR) is 75.1 cm³/mol. The van der Waals surface area contributed by atoms with Crippen molar-refractivity contribution >= 4 is 27.9 Å². The molecule has 0 atom stereocenters. The summed E-state index contributed by atoms with van der Waals surface area (Å²) in [6, 6.07) is 1.80. The van der Waals surface area contributed by atoms with Gasteiger partial charge in [0.25, 0.3) is 0 Å². The Morgan fingerprint density at radius 3 is 2.56 bits per heavy atom. The molecule has 0 saturated carbocycles. The van der Waals surface area contributed by atoms with E-state index in [2.05, 4.69) is 22.5 Å². The Hall–Kier alpha value is -1.23. The van der Waals surface area contributed by atoms with Crippen molar-refractivity contribution < 1.29 is 13.9 Å². The van der Waals surface area contributed by atoms with Gasteiger partial charge in [-0.15, -0.1) is 0 Å². The van der Waals surface area contributed by atoms with Gasteiger partial charge in [-0.25, -0.2) is 9.69 Å². The Balaban J connectivity index is 2.96. The maximum absolute atomic E-state index is 12.1. The van der Waals surface area contributed by atoms with Crippen LogP contribution >= 0.6 is 15.9 Å². The van der Waals surface area contributed by atoms with E-state index in [0.29, 0.717) is 16.9 Å². The lowest BCUT2D eigenvalue weighted by atomic mass is 10.2. The van der Waals surface area contributed by atoms with Gasteiger partial charge in [0.1, 0.15) is 5.60 Å². The first kappa shape index (κ1) is 14.8. The average molecular weight is 316 g/mol. The summed E-state index contributed by atoms with van der Waals surface area (Å²) in [5.74, 6) is 0.477. The molecular weight excluding hydrogens is 298 g/mol. The molecule has 0 radical (unpaired) electrons. The molecule has 0 unspecified atom stereocenters. The first-order valence-electron chi connectivity index (χ1n) is 5.58. The van der Waals surface area contributed by atoms with E-state index in [-0.39, 0.29) is 0 Å². The first-order valence-corrected chi connectivity index (χ1v) is 6.38. The van der Waals surface area contributed by atoms with Crippen LogP contribution in [0.3, 0.4) is 0 Å². The van der Waals surface area contributed by atoms with E-state index in [1.807, 2.05) is 27.7 Å². The van der Waals surface area contributed by atoms with E-state index in [0.717, 1.165) is 5.56 Å². The van der Waals surface area contributed by atoms with Gasteiger partial charge in [0.2, 0.25) is 5.88 Å². The SMILES string of the molecule is C=C(Br)CN(C(=O)OC(C)(C)C)c1occc1C. The fraction of sp³-hybridized carbons (Fsp3) is 0.462. The van der Waals surface area contributed by atoms with Crippen LogP contribution in [0.2, 0.25) is 0 Å². The zero-order chi connectivity index (χ0) is 13.9. The Labute approximate surface area is 116 Å². The second-order valence-electron chi connectivity index (χ2n) is 4.99. The molecule has 0 spiro atoms. The summed E-state index contributed by atoms with van der Waals surface area (Å²) in [4.78, 5) is 13.5. The second-order valence-corrected chi connectivity index (χ2v) is 6.11. The van der Waals surface area contributed by atoms with Crippen molar-refractivity contribution in [2.24, 2.45) is 0 Å². The molecule has 100 valence electrons. The molecule has 4 nitrogen and oxygen atoms in total. The molecule has 0 bridgehead atoms. The number of anilines is 1. The highest BCUT2D eigenvalue weighted by molar-refractivity contribution is 9.11. The number of halogens is 1. The fourth-order valence-corrected chi connectivity index (χ4v) is 1.60. The zero-order valence-corrected chi connectivity index (χ0v) is 12.7. The van der Waals surface area contributed by atoms with Gasteiger partial charge in [-0.05, 0) is 33.8 Å². The lowest BCUT2D eigenvalue weighted by Gasteiger charge is -2.26. The van der Waals surface area contributed by atoms with Crippen LogP contribution in [0.1, 0.15) is 26.3 Å². The molecule has 0 aliphatic heterocycles. The van der Waals surface area contributed by atoms with Crippen LogP contribution in [0.25, 0.3) is 0 Å². The summed E-state index contributed by atoms with van der Waals surface area (Å²) < 4.78 is 11.3. The predicted octanol–water partition coefficient (Wildman–Crippen LogP) is 4.24. The minimum atomic E-state index is -0.552. The molecule has 0 saturated heterocycles. The Morgan fingerprint density at radius 1 is 1.56 bits per heavy atom. The van der Waals surface area contributed by atoms with E-state index < -0.39 is 11.7 Å². The third kappa shape index (κ3) is 4.22. The summed E-state index contributed by atoms with van der Waals surface area (Å²) in [7, 11) is 0. The van der Waals surface area contributed by atoms with Crippen molar-refractivity contribution in [3.8, 4) is 0 Å². The third-order valence-electron chi connectivity index (χ3n) is 2.02. The highest BCUT2D eigenvalue weighted by Gasteiger charge is 2.26. The minimum absolute atomic E-state index is 0.295. The summed E-state index contributed by atoms with van der Waals surface area (Å²) in [5, 5.41) is 0. The number of hydrogen-bond donors (Lipinski definition) is 0. The highest BCUT2D eigenvalue weighted by atomic mass is 79.9. The molecular formula is C13H18BrNO3. The van der Waals surface area contributed by atoms with Crippen LogP contribution in [0, 0.1) is 6.92 Å². The molecule has 1 rings (SSSR count). The number of nitrogens with zero attached hydrogens (tertiary/aromatic N) is 1. The number of amides is 1. The van der Waals surface area contributed by atoms with Gasteiger partial charge in [-0.3, -0.25) is 0 Å². The smallest absolute Gasteiger partial charge is 0.417 e. The third-order valence-corrected chi connectivity index (χ3v) is 2.27. The van der Waals surface area contributed by atoms with Crippen LogP contribution in [0.5, 0.6) is 0 Å². The molecule has 0 aliphatic rings. The van der Waals surface area contributed by atoms with E-state index >= 15 is 0 Å². The molecule has 0 N–H and O–H groups in total. The standard InChI is InChI=1S/C13H18BrNO3/c1-9-6-7-17-11(9)15(8-10(2)14)12(16)18-13(3,4)5/h6-7H,2,8H2,1,3-5H3. The normalized spacial score (nSPS) is 11.2. The Bertz CT molecular complexity index is 445. The quantitative estimate of drug-likeness (QED) is 0.838. The fourth-order valence-electron chi connectivity index (χ4n) is 1.35. The number of rotatable bonds is 3. The molecule has 1 amide bonds. The minimum Gasteiger partial charge on any atom is -0.448 e. The monoisotopic (exact) mass is 315 g/mol. The van der Waals surface area contributed by atoms with Crippen LogP contribution < -0.4 is 4.90 Å². The van der Waals surface area contributed by atoms with Crippen LogP contribution in [0.4, 0.5) is 10.7 Å². The van der Waals surface area contributed by atoms with Crippen molar-refractivity contribution in [3.63, 3.8) is 0 Å². The van der Waals surface area contributed by atoms with Crippen molar-refractivity contribution in [3.05, 3.63) is 29.0 Å². The van der Waals surface area contributed by atoms with Gasteiger partial charge >= 0.3 is 6.09 Å². The molecule has 1 heterocycles. The molecule has 1 aromatic heterocycles. The van der Waals surface area contributed by atoms with Crippen LogP contribution in [0.15, 0.2) is 27.8 Å². The molecule has 1 aromatic rings. The van der Waals surface area contributed by atoms with Crippen molar-refractivity contribution in [1.82, 2.24) is 0 Å². The number of carbonyl (C=O) groups excluding carboxylic acids is 1. The van der Waals surface area contributed by atoms with Gasteiger partial charge in [-0.1, -0.05) is 22.5 Å². The lowest BCUT2D eigenvalue weighted by molar-refractivity contribution is 0.0578. The molecule has 0 aliphatic carbocycles. The average Bonchev–Trinajstić information content (AvgIpc) is 2.57. The van der Waals surface area contributed by atoms with Crippen molar-refractivity contribution in [2.75, 3.05) is 11.4 Å². The first-order chi connectivity index (χ1) is 8.20. The summed E-state index contributed by atoms with van der Waals surface area (Å²) in [5.41, 5.74) is 0.318. The van der Waals surface area contributed by atoms with Gasteiger partial charge in [0.15, 0.2) is 0 Å². The van der Waals surface area contributed by atoms with Crippen molar-refractivity contribution in [2.45, 2.75) is 33.3 Å². The van der Waals surface area contributed by atoms with Crippen LogP contribution in [-0.4, -0.2) is 18.2 Å². The van der Waals surface area contributed by atoms with Crippen molar-refractivity contribution in [1.29, 1.82) is 0 Å². The summed E-state index contributed by atoms with van der Waals surface area (Å²) in [6.07, 6.45) is 1.08. The Morgan fingerprint density at radius 2 is 2.17 bits per heavy atom. The summed E-state index contributed by atoms with van der Waals surface area (Å²) in [6.45, 7) is 11.4. The van der Waals surface area contributed by atoms with Crippen LogP contribution in [-0.2, 0) is 4.74 Å². The lowest BCUT2D eigenvalue weighted by Crippen LogP contribution is -2.37. The van der Waals surface area contributed by atoms with E-state index in [1.165, 1.54) is 4.90 Å². The molecule has 18 heavy (non-hydrogen) atoms. The second kappa shape index (κ2) is 5.61. The van der Waals surface area contributed by atoms with E-state index in [9.17, 15) is 4.79 Å².